The number of alkyl halides is 1. The van der Waals surface area contributed by atoms with Gasteiger partial charge in [0.2, 0.25) is 0 Å². The summed E-state index contributed by atoms with van der Waals surface area (Å²) in [4.78, 5) is 23.7. The summed E-state index contributed by atoms with van der Waals surface area (Å²) in [6.07, 6.45) is 12.9. The highest BCUT2D eigenvalue weighted by Gasteiger charge is 2.16. The van der Waals surface area contributed by atoms with Crippen LogP contribution in [0.25, 0.3) is 45.3 Å². The molecule has 0 radical (unpaired) electrons. The maximum atomic E-state index is 4.98. The number of rotatable bonds is 5. The van der Waals surface area contributed by atoms with Crippen molar-refractivity contribution in [1.82, 2.24) is 19.9 Å². The van der Waals surface area contributed by atoms with Crippen molar-refractivity contribution in [3.8, 4) is 33.9 Å². The Labute approximate surface area is 220 Å². The van der Waals surface area contributed by atoms with E-state index >= 15 is 0 Å². The van der Waals surface area contributed by atoms with Gasteiger partial charge in [0, 0.05) is 23.0 Å². The Hall–Kier alpha value is -3.72. The van der Waals surface area contributed by atoms with Crippen molar-refractivity contribution in [1.29, 1.82) is 0 Å². The van der Waals surface area contributed by atoms with Gasteiger partial charge in [0.05, 0.1) is 45.6 Å². The first-order valence-electron chi connectivity index (χ1n) is 11.9. The van der Waals surface area contributed by atoms with Gasteiger partial charge in [-0.25, -0.2) is 13.1 Å². The number of nitrogens with zero attached hydrogens (tertiary/aromatic N) is 6. The van der Waals surface area contributed by atoms with Gasteiger partial charge in [0.15, 0.2) is 0 Å². The molecule has 0 saturated heterocycles. The average molecular weight is 582 g/mol. The van der Waals surface area contributed by atoms with Crippen LogP contribution in [0.3, 0.4) is 0 Å². The van der Waals surface area contributed by atoms with E-state index in [9.17, 15) is 0 Å². The normalized spacial score (nSPS) is 15.1. The lowest BCUT2D eigenvalue weighted by Crippen LogP contribution is -1.99. The zero-order valence-electron chi connectivity index (χ0n) is 19.5. The summed E-state index contributed by atoms with van der Waals surface area (Å²) in [5.41, 5.74) is 9.01. The Morgan fingerprint density at radius 1 is 0.583 bits per heavy atom. The molecule has 0 saturated carbocycles. The lowest BCUT2D eigenvalue weighted by molar-refractivity contribution is 1.08. The van der Waals surface area contributed by atoms with Gasteiger partial charge in [-0.1, -0.05) is 24.3 Å². The Morgan fingerprint density at radius 2 is 1.19 bits per heavy atom. The van der Waals surface area contributed by atoms with Crippen molar-refractivity contribution in [2.75, 3.05) is 4.43 Å². The molecular weight excluding hydrogens is 559 g/mol. The molecule has 7 heteroatoms. The van der Waals surface area contributed by atoms with Crippen LogP contribution in [0.4, 0.5) is 0 Å². The fourth-order valence-electron chi connectivity index (χ4n) is 4.16. The molecule has 0 atom stereocenters. The average Bonchev–Trinajstić information content (AvgIpc) is 2.98. The number of pyridine rings is 4. The molecule has 0 aliphatic carbocycles. The molecule has 0 spiro atoms. The van der Waals surface area contributed by atoms with Gasteiger partial charge >= 0.3 is 0 Å². The van der Waals surface area contributed by atoms with E-state index in [2.05, 4.69) is 51.4 Å². The van der Waals surface area contributed by atoms with Crippen LogP contribution in [0.15, 0.2) is 93.3 Å². The van der Waals surface area contributed by atoms with Gasteiger partial charge in [-0.05, 0) is 100.0 Å². The second-order valence-corrected chi connectivity index (χ2v) is 10.7. The van der Waals surface area contributed by atoms with E-state index in [1.165, 1.54) is 4.43 Å². The zero-order chi connectivity index (χ0) is 24.2. The summed E-state index contributed by atoms with van der Waals surface area (Å²) < 4.78 is 6.05. The summed E-state index contributed by atoms with van der Waals surface area (Å²) in [5.74, 6) is 0. The van der Waals surface area contributed by atoms with Gasteiger partial charge in [-0.15, -0.1) is 0 Å². The summed E-state index contributed by atoms with van der Waals surface area (Å²) in [7, 11) is 0. The third-order valence-electron chi connectivity index (χ3n) is 5.91. The van der Waals surface area contributed by atoms with Crippen molar-refractivity contribution in [3.63, 3.8) is 0 Å². The quantitative estimate of drug-likeness (QED) is 0.182. The van der Waals surface area contributed by atoms with Crippen molar-refractivity contribution in [2.45, 2.75) is 19.3 Å². The fraction of sp³-hybridized carbons (Fsp3) is 0.138. The second kappa shape index (κ2) is 10.5. The van der Waals surface area contributed by atoms with Gasteiger partial charge in [-0.3, -0.25) is 15.0 Å². The fourth-order valence-corrected chi connectivity index (χ4v) is 5.80. The van der Waals surface area contributed by atoms with Crippen LogP contribution in [0, 0.1) is 0 Å². The van der Waals surface area contributed by atoms with Crippen LogP contribution >= 0.6 is 21.0 Å². The summed E-state index contributed by atoms with van der Waals surface area (Å²) in [5, 5.41) is 0. The minimum absolute atomic E-state index is 0.173. The van der Waals surface area contributed by atoms with E-state index in [1.807, 2.05) is 42.6 Å². The van der Waals surface area contributed by atoms with Crippen molar-refractivity contribution >= 4 is 38.6 Å². The topological polar surface area (TPSA) is 76.3 Å². The Bertz CT molecular complexity index is 1410. The van der Waals surface area contributed by atoms with Crippen LogP contribution in [0.5, 0.6) is 0 Å². The molecule has 6 nitrogen and oxygen atoms in total. The number of hydrogen-bond donors (Lipinski definition) is 0. The molecule has 6 rings (SSSR count). The predicted octanol–water partition coefficient (Wildman–Crippen LogP) is 7.37. The van der Waals surface area contributed by atoms with Crippen LogP contribution in [0.1, 0.15) is 30.7 Å². The van der Waals surface area contributed by atoms with E-state index in [0.29, 0.717) is 0 Å². The molecule has 2 aliphatic rings. The standard InChI is InChI=1S/C29H23IN6/c1-4-13-31-22(8-1)26-16-20(17-27(34-26)23-9-2-5-14-32-23)21-18-28(24-10-3-6-15-33-24)35-29(19-21)25-11-7-12-30-36-25/h1,3-4,6,8-11,13-19H,2,5,7,12H2. The molecule has 2 aliphatic heterocycles. The number of aliphatic imine (C=N–C) groups is 1. The van der Waals surface area contributed by atoms with E-state index in [0.717, 1.165) is 75.9 Å². The van der Waals surface area contributed by atoms with Gasteiger partial charge in [0.1, 0.15) is 0 Å². The largest absolute Gasteiger partial charge is 0.259 e. The Kier molecular flexibility index (Phi) is 6.62. The number of hydrogen-bond acceptors (Lipinski definition) is 6. The molecule has 36 heavy (non-hydrogen) atoms. The van der Waals surface area contributed by atoms with Crippen LogP contribution in [-0.2, 0) is 0 Å². The van der Waals surface area contributed by atoms with E-state index < -0.39 is 0 Å². The third kappa shape index (κ3) is 4.97. The van der Waals surface area contributed by atoms with Crippen molar-refractivity contribution in [2.24, 2.45) is 8.14 Å². The molecular formula is C29H23IN6. The number of aromatic nitrogens is 4. The molecule has 0 N–H and O–H groups in total. The Balaban J connectivity index is 1.55. The van der Waals surface area contributed by atoms with E-state index in [-0.39, 0.29) is 21.0 Å². The minimum Gasteiger partial charge on any atom is -0.259 e. The highest BCUT2D eigenvalue weighted by Crippen LogP contribution is 2.34. The number of allylic oxidation sites excluding steroid dienone is 2. The van der Waals surface area contributed by atoms with Gasteiger partial charge in [-0.2, -0.15) is 0 Å². The first-order valence-corrected chi connectivity index (χ1v) is 14.4. The molecule has 6 heterocycles. The van der Waals surface area contributed by atoms with E-state index in [4.69, 9.17) is 13.1 Å². The molecule has 0 aromatic carbocycles. The molecule has 0 fully saturated rings. The first-order chi connectivity index (χ1) is 17.8. The number of halogens is 1. The van der Waals surface area contributed by atoms with Crippen LogP contribution in [0.2, 0.25) is 0 Å². The SMILES string of the molecule is C1=NC(c2cc(-c3cc(C4=CCCI=N4)nc(-c4ccccn4)c3)cc(-c3ccccn3)n2)=CCC1. The Morgan fingerprint density at radius 3 is 1.72 bits per heavy atom. The smallest absolute Gasteiger partial charge is 0.0904 e. The maximum absolute atomic E-state index is 4.98. The van der Waals surface area contributed by atoms with Gasteiger partial charge < -0.3 is 0 Å². The second-order valence-electron chi connectivity index (χ2n) is 8.43. The molecule has 0 bridgehead atoms. The highest BCUT2D eigenvalue weighted by atomic mass is 127. The summed E-state index contributed by atoms with van der Waals surface area (Å²) in [6, 6.07) is 20.2. The van der Waals surface area contributed by atoms with Crippen LogP contribution in [-0.4, -0.2) is 30.6 Å². The van der Waals surface area contributed by atoms with Crippen LogP contribution < -0.4 is 0 Å². The van der Waals surface area contributed by atoms with Gasteiger partial charge in [0.25, 0.3) is 0 Å². The monoisotopic (exact) mass is 582 g/mol. The molecule has 4 aromatic rings. The molecule has 4 aromatic heterocycles. The predicted molar refractivity (Wildman–Crippen MR) is 154 cm³/mol. The third-order valence-corrected chi connectivity index (χ3v) is 7.88. The lowest BCUT2D eigenvalue weighted by Gasteiger charge is -2.14. The minimum atomic E-state index is -0.173. The maximum Gasteiger partial charge on any atom is 0.0904 e. The summed E-state index contributed by atoms with van der Waals surface area (Å²) >= 11 is -0.173. The van der Waals surface area contributed by atoms with E-state index in [1.54, 1.807) is 12.4 Å². The lowest BCUT2D eigenvalue weighted by atomic mass is 10.00. The molecule has 176 valence electrons. The van der Waals surface area contributed by atoms with Crippen molar-refractivity contribution < 1.29 is 0 Å². The summed E-state index contributed by atoms with van der Waals surface area (Å²) in [6.45, 7) is 0. The molecule has 0 amide bonds. The van der Waals surface area contributed by atoms with Crippen molar-refractivity contribution in [3.05, 3.63) is 96.6 Å². The molecule has 0 unspecified atom stereocenters. The zero-order valence-corrected chi connectivity index (χ0v) is 21.7. The highest BCUT2D eigenvalue weighted by molar-refractivity contribution is 14.2. The first kappa shape index (κ1) is 22.7.